The van der Waals surface area contributed by atoms with E-state index in [-0.39, 0.29) is 5.54 Å². The number of nitrogens with zero attached hydrogens (tertiary/aromatic N) is 2. The normalized spacial score (nSPS) is 25.9. The number of amides is 1. The SMILES string of the molecule is O=C1CCC2(CCN(Cc3ccco3)CC2)N1CC1CC1. The summed E-state index contributed by atoms with van der Waals surface area (Å²) in [5, 5.41) is 0. The molecule has 0 radical (unpaired) electrons. The number of carbonyl (C=O) groups excluding carboxylic acids is 1. The standard InChI is InChI=1S/C17H24N2O2/c20-16-5-6-17(19(16)12-14-3-4-14)7-9-18(10-8-17)13-15-2-1-11-21-15/h1-2,11,14H,3-10,12-13H2. The van der Waals surface area contributed by atoms with E-state index in [1.54, 1.807) is 6.26 Å². The van der Waals surface area contributed by atoms with E-state index in [0.29, 0.717) is 5.91 Å². The van der Waals surface area contributed by atoms with Crippen molar-refractivity contribution in [3.63, 3.8) is 0 Å². The van der Waals surface area contributed by atoms with Gasteiger partial charge in [-0.1, -0.05) is 0 Å². The van der Waals surface area contributed by atoms with Gasteiger partial charge in [-0.05, 0) is 50.2 Å². The molecule has 4 rings (SSSR count). The molecular weight excluding hydrogens is 264 g/mol. The van der Waals surface area contributed by atoms with Gasteiger partial charge in [-0.3, -0.25) is 9.69 Å². The van der Waals surface area contributed by atoms with Crippen LogP contribution in [0.3, 0.4) is 0 Å². The van der Waals surface area contributed by atoms with Crippen LogP contribution >= 0.6 is 0 Å². The summed E-state index contributed by atoms with van der Waals surface area (Å²) in [6.45, 7) is 4.08. The van der Waals surface area contributed by atoms with Crippen molar-refractivity contribution in [2.24, 2.45) is 5.92 Å². The molecule has 0 N–H and O–H groups in total. The Morgan fingerprint density at radius 2 is 2.05 bits per heavy atom. The van der Waals surface area contributed by atoms with E-state index >= 15 is 0 Å². The van der Waals surface area contributed by atoms with Crippen LogP contribution in [0, 0.1) is 5.92 Å². The van der Waals surface area contributed by atoms with Crippen LogP contribution in [0.2, 0.25) is 0 Å². The fourth-order valence-electron chi connectivity index (χ4n) is 4.00. The van der Waals surface area contributed by atoms with Gasteiger partial charge in [0.2, 0.25) is 5.91 Å². The minimum atomic E-state index is 0.180. The zero-order chi connectivity index (χ0) is 14.3. The van der Waals surface area contributed by atoms with E-state index in [0.717, 1.165) is 63.5 Å². The van der Waals surface area contributed by atoms with Crippen LogP contribution in [0.15, 0.2) is 22.8 Å². The molecule has 2 aliphatic heterocycles. The van der Waals surface area contributed by atoms with Gasteiger partial charge in [-0.15, -0.1) is 0 Å². The van der Waals surface area contributed by atoms with Crippen LogP contribution in [-0.4, -0.2) is 40.9 Å². The number of carbonyl (C=O) groups is 1. The first-order chi connectivity index (χ1) is 10.3. The fourth-order valence-corrected chi connectivity index (χ4v) is 4.00. The number of piperidine rings is 1. The molecule has 21 heavy (non-hydrogen) atoms. The average Bonchev–Trinajstić information content (AvgIpc) is 3.09. The molecule has 4 nitrogen and oxygen atoms in total. The molecule has 0 bridgehead atoms. The Balaban J connectivity index is 1.39. The topological polar surface area (TPSA) is 36.7 Å². The summed E-state index contributed by atoms with van der Waals surface area (Å²) in [6, 6.07) is 4.00. The number of rotatable bonds is 4. The molecule has 0 atom stereocenters. The summed E-state index contributed by atoms with van der Waals surface area (Å²) in [5.41, 5.74) is 0.180. The lowest BCUT2D eigenvalue weighted by atomic mass is 9.84. The first kappa shape index (κ1) is 13.4. The van der Waals surface area contributed by atoms with Crippen molar-refractivity contribution in [3.05, 3.63) is 24.2 Å². The molecule has 1 aromatic rings. The number of likely N-dealkylation sites (tertiary alicyclic amines) is 2. The second-order valence-electron chi connectivity index (χ2n) is 7.03. The monoisotopic (exact) mass is 288 g/mol. The highest BCUT2D eigenvalue weighted by molar-refractivity contribution is 5.79. The molecular formula is C17H24N2O2. The molecule has 1 aliphatic carbocycles. The quantitative estimate of drug-likeness (QED) is 0.854. The maximum Gasteiger partial charge on any atom is 0.223 e. The van der Waals surface area contributed by atoms with Gasteiger partial charge in [0.25, 0.3) is 0 Å². The Kier molecular flexibility index (Phi) is 3.29. The molecule has 1 spiro atoms. The minimum Gasteiger partial charge on any atom is -0.468 e. The predicted molar refractivity (Wildman–Crippen MR) is 79.6 cm³/mol. The molecule has 0 unspecified atom stereocenters. The molecule has 0 aromatic carbocycles. The second-order valence-corrected chi connectivity index (χ2v) is 7.03. The average molecular weight is 288 g/mol. The van der Waals surface area contributed by atoms with Crippen LogP contribution in [0.1, 0.15) is 44.3 Å². The minimum absolute atomic E-state index is 0.180. The fraction of sp³-hybridized carbons (Fsp3) is 0.706. The Hall–Kier alpha value is -1.29. The highest BCUT2D eigenvalue weighted by Crippen LogP contribution is 2.42. The summed E-state index contributed by atoms with van der Waals surface area (Å²) in [6.07, 6.45) is 8.50. The van der Waals surface area contributed by atoms with Crippen LogP contribution in [0.5, 0.6) is 0 Å². The molecule has 114 valence electrons. The summed E-state index contributed by atoms with van der Waals surface area (Å²) in [4.78, 5) is 17.0. The van der Waals surface area contributed by atoms with E-state index in [1.165, 1.54) is 12.8 Å². The highest BCUT2D eigenvalue weighted by Gasteiger charge is 2.48. The van der Waals surface area contributed by atoms with Gasteiger partial charge < -0.3 is 9.32 Å². The lowest BCUT2D eigenvalue weighted by Crippen LogP contribution is -2.53. The summed E-state index contributed by atoms with van der Waals surface area (Å²) in [7, 11) is 0. The van der Waals surface area contributed by atoms with Crippen molar-refractivity contribution in [2.45, 2.75) is 50.6 Å². The van der Waals surface area contributed by atoms with Crippen molar-refractivity contribution < 1.29 is 9.21 Å². The van der Waals surface area contributed by atoms with Gasteiger partial charge >= 0.3 is 0 Å². The van der Waals surface area contributed by atoms with Crippen molar-refractivity contribution >= 4 is 5.91 Å². The Bertz CT molecular complexity index is 499. The molecule has 3 aliphatic rings. The Morgan fingerprint density at radius 1 is 1.24 bits per heavy atom. The maximum atomic E-state index is 12.2. The molecule has 3 fully saturated rings. The summed E-state index contributed by atoms with van der Waals surface area (Å²) in [5.74, 6) is 2.25. The first-order valence-corrected chi connectivity index (χ1v) is 8.30. The first-order valence-electron chi connectivity index (χ1n) is 8.30. The van der Waals surface area contributed by atoms with Gasteiger partial charge in [-0.2, -0.15) is 0 Å². The van der Waals surface area contributed by atoms with E-state index < -0.39 is 0 Å². The maximum absolute atomic E-state index is 12.2. The molecule has 4 heteroatoms. The number of furan rings is 1. The van der Waals surface area contributed by atoms with E-state index in [9.17, 15) is 4.79 Å². The predicted octanol–water partition coefficient (Wildman–Crippen LogP) is 2.65. The lowest BCUT2D eigenvalue weighted by Gasteiger charge is -2.45. The van der Waals surface area contributed by atoms with Crippen molar-refractivity contribution in [1.82, 2.24) is 9.80 Å². The third-order valence-electron chi connectivity index (χ3n) is 5.56. The van der Waals surface area contributed by atoms with Crippen LogP contribution in [-0.2, 0) is 11.3 Å². The van der Waals surface area contributed by atoms with E-state index in [1.807, 2.05) is 12.1 Å². The van der Waals surface area contributed by atoms with Gasteiger partial charge in [-0.25, -0.2) is 0 Å². The largest absolute Gasteiger partial charge is 0.468 e. The Labute approximate surface area is 126 Å². The van der Waals surface area contributed by atoms with Gasteiger partial charge in [0.05, 0.1) is 12.8 Å². The zero-order valence-electron chi connectivity index (χ0n) is 12.6. The molecule has 3 heterocycles. The van der Waals surface area contributed by atoms with Gasteiger partial charge in [0.15, 0.2) is 0 Å². The second kappa shape index (κ2) is 5.16. The summed E-state index contributed by atoms with van der Waals surface area (Å²) >= 11 is 0. The zero-order valence-corrected chi connectivity index (χ0v) is 12.6. The number of hydrogen-bond donors (Lipinski definition) is 0. The van der Waals surface area contributed by atoms with Gasteiger partial charge in [0.1, 0.15) is 5.76 Å². The third kappa shape index (κ3) is 2.61. The van der Waals surface area contributed by atoms with E-state index in [2.05, 4.69) is 9.80 Å². The van der Waals surface area contributed by atoms with Crippen molar-refractivity contribution in [2.75, 3.05) is 19.6 Å². The van der Waals surface area contributed by atoms with Crippen molar-refractivity contribution in [1.29, 1.82) is 0 Å². The molecule has 2 saturated heterocycles. The van der Waals surface area contributed by atoms with Crippen LogP contribution in [0.25, 0.3) is 0 Å². The number of hydrogen-bond acceptors (Lipinski definition) is 3. The molecule has 1 aromatic heterocycles. The lowest BCUT2D eigenvalue weighted by molar-refractivity contribution is -0.132. The Morgan fingerprint density at radius 3 is 2.71 bits per heavy atom. The van der Waals surface area contributed by atoms with Crippen LogP contribution in [0.4, 0.5) is 0 Å². The van der Waals surface area contributed by atoms with Crippen molar-refractivity contribution in [3.8, 4) is 0 Å². The van der Waals surface area contributed by atoms with E-state index in [4.69, 9.17) is 4.42 Å². The van der Waals surface area contributed by atoms with Gasteiger partial charge in [0, 0.05) is 31.6 Å². The summed E-state index contributed by atoms with van der Waals surface area (Å²) < 4.78 is 5.45. The third-order valence-corrected chi connectivity index (χ3v) is 5.56. The van der Waals surface area contributed by atoms with Crippen LogP contribution < -0.4 is 0 Å². The highest BCUT2D eigenvalue weighted by atomic mass is 16.3. The molecule has 1 saturated carbocycles. The smallest absolute Gasteiger partial charge is 0.223 e. The molecule has 1 amide bonds.